The molecule has 2 aromatic rings. The maximum Gasteiger partial charge on any atom is 0.137 e. The minimum Gasteiger partial charge on any atom is -0.361 e. The molecule has 1 aromatic heterocycles. The standard InChI is InChI=1S/C17H24N2O/c1-10-6-11(2)17(12(3)7-10)15(9-18)8-16-13(4)19-20-14(16)5/h6-7,15H,8-9,18H2,1-5H3. The van der Waals surface area contributed by atoms with E-state index in [-0.39, 0.29) is 0 Å². The van der Waals surface area contributed by atoms with Crippen molar-refractivity contribution in [1.82, 2.24) is 5.16 Å². The summed E-state index contributed by atoms with van der Waals surface area (Å²) in [6.45, 7) is 11.1. The highest BCUT2D eigenvalue weighted by Crippen LogP contribution is 2.29. The Kier molecular flexibility index (Phi) is 4.29. The minimum atomic E-state index is 0.312. The molecule has 20 heavy (non-hydrogen) atoms. The van der Waals surface area contributed by atoms with Crippen LogP contribution in [0.3, 0.4) is 0 Å². The SMILES string of the molecule is Cc1cc(C)c(C(CN)Cc2c(C)noc2C)c(C)c1. The summed E-state index contributed by atoms with van der Waals surface area (Å²) in [6, 6.07) is 4.47. The molecule has 0 aliphatic rings. The average molecular weight is 272 g/mol. The van der Waals surface area contributed by atoms with Gasteiger partial charge in [0.15, 0.2) is 0 Å². The highest BCUT2D eigenvalue weighted by molar-refractivity contribution is 5.41. The van der Waals surface area contributed by atoms with Crippen LogP contribution in [0.5, 0.6) is 0 Å². The molecule has 0 aliphatic heterocycles. The van der Waals surface area contributed by atoms with Crippen LogP contribution < -0.4 is 5.73 Å². The summed E-state index contributed by atoms with van der Waals surface area (Å²) >= 11 is 0. The molecule has 1 unspecified atom stereocenters. The lowest BCUT2D eigenvalue weighted by Crippen LogP contribution is -2.18. The van der Waals surface area contributed by atoms with Crippen LogP contribution in [0, 0.1) is 34.6 Å². The predicted octanol–water partition coefficient (Wildman–Crippen LogP) is 3.50. The molecular weight excluding hydrogens is 248 g/mol. The van der Waals surface area contributed by atoms with Crippen LogP contribution in [0.2, 0.25) is 0 Å². The topological polar surface area (TPSA) is 52.0 Å². The number of rotatable bonds is 4. The number of nitrogens with zero attached hydrogens (tertiary/aromatic N) is 1. The van der Waals surface area contributed by atoms with E-state index in [1.165, 1.54) is 27.8 Å². The molecule has 0 amide bonds. The van der Waals surface area contributed by atoms with E-state index in [9.17, 15) is 0 Å². The number of aromatic nitrogens is 1. The molecule has 0 bridgehead atoms. The van der Waals surface area contributed by atoms with Gasteiger partial charge in [0.05, 0.1) is 5.69 Å². The summed E-state index contributed by atoms with van der Waals surface area (Å²) < 4.78 is 5.27. The fourth-order valence-corrected chi connectivity index (χ4v) is 3.18. The molecule has 0 radical (unpaired) electrons. The second-order valence-corrected chi connectivity index (χ2v) is 5.75. The third kappa shape index (κ3) is 2.78. The number of benzene rings is 1. The van der Waals surface area contributed by atoms with Gasteiger partial charge in [-0.2, -0.15) is 0 Å². The summed E-state index contributed by atoms with van der Waals surface area (Å²) in [6.07, 6.45) is 0.891. The first-order valence-electron chi connectivity index (χ1n) is 7.13. The molecule has 0 saturated carbocycles. The van der Waals surface area contributed by atoms with Gasteiger partial charge in [-0.15, -0.1) is 0 Å². The first kappa shape index (κ1) is 14.8. The van der Waals surface area contributed by atoms with Gasteiger partial charge in [0.1, 0.15) is 5.76 Å². The molecule has 2 N–H and O–H groups in total. The van der Waals surface area contributed by atoms with E-state index in [0.717, 1.165) is 17.9 Å². The van der Waals surface area contributed by atoms with Crippen LogP contribution in [0.15, 0.2) is 16.7 Å². The van der Waals surface area contributed by atoms with Gasteiger partial charge in [0.2, 0.25) is 0 Å². The van der Waals surface area contributed by atoms with E-state index in [0.29, 0.717) is 12.5 Å². The van der Waals surface area contributed by atoms with Crippen molar-refractivity contribution >= 4 is 0 Å². The van der Waals surface area contributed by atoms with Crippen molar-refractivity contribution in [3.63, 3.8) is 0 Å². The van der Waals surface area contributed by atoms with Crippen molar-refractivity contribution in [2.45, 2.75) is 47.0 Å². The molecule has 1 heterocycles. The Morgan fingerprint density at radius 3 is 2.15 bits per heavy atom. The van der Waals surface area contributed by atoms with E-state index in [4.69, 9.17) is 10.3 Å². The van der Waals surface area contributed by atoms with Crippen molar-refractivity contribution in [3.8, 4) is 0 Å². The zero-order chi connectivity index (χ0) is 14.9. The number of hydrogen-bond acceptors (Lipinski definition) is 3. The highest BCUT2D eigenvalue weighted by Gasteiger charge is 2.19. The number of hydrogen-bond donors (Lipinski definition) is 1. The lowest BCUT2D eigenvalue weighted by Gasteiger charge is -2.21. The molecule has 0 fully saturated rings. The third-order valence-electron chi connectivity index (χ3n) is 4.06. The largest absolute Gasteiger partial charge is 0.361 e. The molecular formula is C17H24N2O. The smallest absolute Gasteiger partial charge is 0.137 e. The lowest BCUT2D eigenvalue weighted by atomic mass is 9.85. The first-order chi connectivity index (χ1) is 9.43. The molecule has 2 rings (SSSR count). The van der Waals surface area contributed by atoms with E-state index in [1.807, 2.05) is 13.8 Å². The van der Waals surface area contributed by atoms with Gasteiger partial charge in [-0.1, -0.05) is 22.9 Å². The Hall–Kier alpha value is -1.61. The van der Waals surface area contributed by atoms with Gasteiger partial charge >= 0.3 is 0 Å². The molecule has 3 heteroatoms. The summed E-state index contributed by atoms with van der Waals surface area (Å²) in [5.74, 6) is 1.22. The van der Waals surface area contributed by atoms with Gasteiger partial charge in [-0.3, -0.25) is 0 Å². The first-order valence-corrected chi connectivity index (χ1v) is 7.13. The lowest BCUT2D eigenvalue weighted by molar-refractivity contribution is 0.392. The fraction of sp³-hybridized carbons (Fsp3) is 0.471. The van der Waals surface area contributed by atoms with E-state index >= 15 is 0 Å². The van der Waals surface area contributed by atoms with Crippen LogP contribution in [-0.4, -0.2) is 11.7 Å². The zero-order valence-electron chi connectivity index (χ0n) is 13.1. The van der Waals surface area contributed by atoms with Gasteiger partial charge in [0, 0.05) is 11.5 Å². The van der Waals surface area contributed by atoms with E-state index < -0.39 is 0 Å². The minimum absolute atomic E-state index is 0.312. The van der Waals surface area contributed by atoms with Crippen molar-refractivity contribution in [2.24, 2.45) is 5.73 Å². The maximum atomic E-state index is 6.05. The number of aryl methyl sites for hydroxylation is 5. The van der Waals surface area contributed by atoms with E-state index in [1.54, 1.807) is 0 Å². The summed E-state index contributed by atoms with van der Waals surface area (Å²) in [7, 11) is 0. The summed E-state index contributed by atoms with van der Waals surface area (Å²) in [5.41, 5.74) is 13.5. The predicted molar refractivity (Wildman–Crippen MR) is 82.1 cm³/mol. The molecule has 1 aromatic carbocycles. The van der Waals surface area contributed by atoms with Gasteiger partial charge in [0.25, 0.3) is 0 Å². The van der Waals surface area contributed by atoms with E-state index in [2.05, 4.69) is 38.1 Å². The Balaban J connectivity index is 2.39. The third-order valence-corrected chi connectivity index (χ3v) is 4.06. The Morgan fingerprint density at radius 2 is 1.70 bits per heavy atom. The van der Waals surface area contributed by atoms with Crippen molar-refractivity contribution in [2.75, 3.05) is 6.54 Å². The van der Waals surface area contributed by atoms with Crippen molar-refractivity contribution in [1.29, 1.82) is 0 Å². The highest BCUT2D eigenvalue weighted by atomic mass is 16.5. The van der Waals surface area contributed by atoms with Gasteiger partial charge < -0.3 is 10.3 Å². The normalized spacial score (nSPS) is 12.7. The maximum absolute atomic E-state index is 6.05. The molecule has 0 saturated heterocycles. The molecule has 0 spiro atoms. The molecule has 108 valence electrons. The van der Waals surface area contributed by atoms with Gasteiger partial charge in [-0.05, 0) is 64.3 Å². The monoisotopic (exact) mass is 272 g/mol. The Labute approximate surface area is 121 Å². The second kappa shape index (κ2) is 5.80. The van der Waals surface area contributed by atoms with Crippen LogP contribution in [0.25, 0.3) is 0 Å². The fourth-order valence-electron chi connectivity index (χ4n) is 3.18. The Bertz CT molecular complexity index is 571. The zero-order valence-corrected chi connectivity index (χ0v) is 13.1. The summed E-state index contributed by atoms with van der Waals surface area (Å²) in [4.78, 5) is 0. The Morgan fingerprint density at radius 1 is 1.10 bits per heavy atom. The van der Waals surface area contributed by atoms with Crippen LogP contribution in [-0.2, 0) is 6.42 Å². The molecule has 3 nitrogen and oxygen atoms in total. The second-order valence-electron chi connectivity index (χ2n) is 5.75. The molecule has 0 aliphatic carbocycles. The quantitative estimate of drug-likeness (QED) is 0.926. The molecule has 1 atom stereocenters. The van der Waals surface area contributed by atoms with Gasteiger partial charge in [-0.25, -0.2) is 0 Å². The summed E-state index contributed by atoms with van der Waals surface area (Å²) in [5, 5.41) is 4.04. The average Bonchev–Trinajstić information content (AvgIpc) is 2.67. The van der Waals surface area contributed by atoms with Crippen LogP contribution in [0.4, 0.5) is 0 Å². The number of nitrogens with two attached hydrogens (primary N) is 1. The van der Waals surface area contributed by atoms with Crippen molar-refractivity contribution in [3.05, 3.63) is 51.4 Å². The van der Waals surface area contributed by atoms with Crippen LogP contribution >= 0.6 is 0 Å². The van der Waals surface area contributed by atoms with Crippen molar-refractivity contribution < 1.29 is 4.52 Å². The van der Waals surface area contributed by atoms with Crippen LogP contribution in [0.1, 0.15) is 45.2 Å².